The summed E-state index contributed by atoms with van der Waals surface area (Å²) in [7, 11) is 2.48. The van der Waals surface area contributed by atoms with Gasteiger partial charge in [-0.15, -0.1) is 0 Å². The Hall–Kier alpha value is -4.48. The van der Waals surface area contributed by atoms with Crippen LogP contribution in [-0.2, 0) is 10.8 Å². The Kier molecular flexibility index (Phi) is 13.1. The van der Waals surface area contributed by atoms with Gasteiger partial charge in [0.2, 0.25) is 0 Å². The molecule has 2 aliphatic rings. The molecule has 270 valence electrons. The molecule has 3 atom stereocenters. The van der Waals surface area contributed by atoms with E-state index in [1.807, 2.05) is 110 Å². The summed E-state index contributed by atoms with van der Waals surface area (Å²) in [6, 6.07) is 18.2. The Morgan fingerprint density at radius 1 is 0.667 bits per heavy atom. The summed E-state index contributed by atoms with van der Waals surface area (Å²) in [6.45, 7) is 7.67. The Morgan fingerprint density at radius 3 is 1.53 bits per heavy atom. The highest BCUT2D eigenvalue weighted by molar-refractivity contribution is 7.99. The molecule has 0 amide bonds. The van der Waals surface area contributed by atoms with Crippen LogP contribution >= 0.6 is 11.8 Å². The molecule has 0 saturated carbocycles. The monoisotopic (exact) mass is 730 g/mol. The van der Waals surface area contributed by atoms with Crippen molar-refractivity contribution in [1.82, 2.24) is 9.13 Å². The molecule has 4 heterocycles. The summed E-state index contributed by atoms with van der Waals surface area (Å²) in [5, 5.41) is 0. The summed E-state index contributed by atoms with van der Waals surface area (Å²) in [6.07, 6.45) is 9.97. The van der Waals surface area contributed by atoms with Gasteiger partial charge < -0.3 is 28.1 Å². The van der Waals surface area contributed by atoms with Crippen molar-refractivity contribution in [2.24, 2.45) is 0 Å². The number of hydrogen-bond acceptors (Lipinski definition) is 8. The second-order valence-corrected chi connectivity index (χ2v) is 15.4. The van der Waals surface area contributed by atoms with Crippen LogP contribution in [0.3, 0.4) is 0 Å². The largest absolute Gasteiger partial charge is 0.493 e. The van der Waals surface area contributed by atoms with Crippen LogP contribution in [-0.4, -0.2) is 62.8 Å². The Bertz CT molecular complexity index is 1990. The predicted molar refractivity (Wildman–Crippen MR) is 210 cm³/mol. The van der Waals surface area contributed by atoms with Gasteiger partial charge in [0.25, 0.3) is 0 Å². The quantitative estimate of drug-likeness (QED) is 0.172. The molecular formula is C40H46N2O7S2. The van der Waals surface area contributed by atoms with Crippen molar-refractivity contribution in [2.45, 2.75) is 52.7 Å². The molecule has 0 aliphatic carbocycles. The van der Waals surface area contributed by atoms with Crippen LogP contribution in [0.25, 0.3) is 24.6 Å². The molecule has 2 aromatic heterocycles. The van der Waals surface area contributed by atoms with Crippen LogP contribution in [0.1, 0.15) is 46.7 Å². The minimum absolute atomic E-state index is 0.0127. The predicted octanol–water partition coefficient (Wildman–Crippen LogP) is 6.99. The molecular weight excluding hydrogens is 685 g/mol. The highest BCUT2D eigenvalue weighted by Gasteiger charge is 2.24. The maximum atomic E-state index is 11.6. The molecule has 2 aliphatic heterocycles. The number of thioether (sulfide) groups is 1. The van der Waals surface area contributed by atoms with E-state index in [4.69, 9.17) is 18.9 Å². The van der Waals surface area contributed by atoms with Gasteiger partial charge in [-0.25, -0.2) is 0 Å². The van der Waals surface area contributed by atoms with Crippen molar-refractivity contribution in [1.29, 1.82) is 0 Å². The molecule has 11 heteroatoms. The first-order chi connectivity index (χ1) is 24.5. The molecule has 3 unspecified atom stereocenters. The highest BCUT2D eigenvalue weighted by atomic mass is 32.2. The average Bonchev–Trinajstić information content (AvgIpc) is 3.75. The van der Waals surface area contributed by atoms with Crippen LogP contribution in [0.5, 0.6) is 23.0 Å². The topological polar surface area (TPSA) is 98.0 Å². The van der Waals surface area contributed by atoms with Gasteiger partial charge in [-0.1, -0.05) is 12.1 Å². The Labute approximate surface area is 306 Å². The number of rotatable bonds is 10. The standard InChI is InChI=1S/C20H23NO4S.C20H23NO3S/c1-14-10-17(22)11-15(2)21(14)8-6-16-4-5-19(24-3)20(12-16)25-18-7-9-26(23)13-18;1-14-10-17(22)11-15(2)21(14)8-6-16-4-5-19(23-3)20(12-16)24-18-7-9-25-13-18/h4-6,8,10-12,18H,7,9,13H2,1-3H3;4-6,8,10-12,18H,7,9,13H2,1-3H3/b2*8-6+. The zero-order valence-electron chi connectivity index (χ0n) is 30.0. The number of benzene rings is 2. The van der Waals surface area contributed by atoms with E-state index in [-0.39, 0.29) is 23.1 Å². The van der Waals surface area contributed by atoms with E-state index in [9.17, 15) is 13.8 Å². The maximum Gasteiger partial charge on any atom is 0.182 e. The number of pyridine rings is 2. The lowest BCUT2D eigenvalue weighted by molar-refractivity contribution is 0.218. The first kappa shape index (κ1) is 37.8. The first-order valence-electron chi connectivity index (χ1n) is 16.9. The molecule has 4 aromatic rings. The van der Waals surface area contributed by atoms with E-state index in [0.717, 1.165) is 69.7 Å². The number of ether oxygens (including phenoxy) is 4. The van der Waals surface area contributed by atoms with Crippen molar-refractivity contribution >= 4 is 47.1 Å². The summed E-state index contributed by atoms with van der Waals surface area (Å²) in [5.41, 5.74) is 5.61. The highest BCUT2D eigenvalue weighted by Crippen LogP contribution is 2.33. The second-order valence-electron chi connectivity index (χ2n) is 12.6. The number of aromatic nitrogens is 2. The molecule has 0 radical (unpaired) electrons. The van der Waals surface area contributed by atoms with Crippen LogP contribution in [0.4, 0.5) is 0 Å². The van der Waals surface area contributed by atoms with Gasteiger partial charge in [-0.05, 0) is 93.8 Å². The van der Waals surface area contributed by atoms with Gasteiger partial charge in [0, 0.05) is 81.7 Å². The summed E-state index contributed by atoms with van der Waals surface area (Å²) in [4.78, 5) is 23.1. The van der Waals surface area contributed by atoms with E-state index >= 15 is 0 Å². The maximum absolute atomic E-state index is 11.6. The third-order valence-corrected chi connectivity index (χ3v) is 11.2. The smallest absolute Gasteiger partial charge is 0.182 e. The Morgan fingerprint density at radius 2 is 1.14 bits per heavy atom. The Balaban J connectivity index is 0.000000198. The van der Waals surface area contributed by atoms with Crippen molar-refractivity contribution in [2.75, 3.05) is 37.2 Å². The number of methoxy groups -OCH3 is 2. The first-order valence-corrected chi connectivity index (χ1v) is 19.6. The number of nitrogens with zero attached hydrogens (tertiary/aromatic N) is 2. The molecule has 6 rings (SSSR count). The fraction of sp³-hybridized carbons (Fsp3) is 0.350. The SMILES string of the molecule is COc1ccc(/C=C/n2c(C)cc(=O)cc2C)cc1OC1CCS(=O)C1.COc1ccc(/C=C/n2c(C)cc(=O)cc2C)cc1OC1CCSC1. The lowest BCUT2D eigenvalue weighted by Gasteiger charge is -2.16. The van der Waals surface area contributed by atoms with Gasteiger partial charge >= 0.3 is 0 Å². The molecule has 0 bridgehead atoms. The van der Waals surface area contributed by atoms with E-state index in [2.05, 4.69) is 0 Å². The van der Waals surface area contributed by atoms with Crippen LogP contribution in [0.2, 0.25) is 0 Å². The van der Waals surface area contributed by atoms with Gasteiger partial charge in [-0.2, -0.15) is 11.8 Å². The molecule has 0 spiro atoms. The van der Waals surface area contributed by atoms with Crippen molar-refractivity contribution in [3.63, 3.8) is 0 Å². The van der Waals surface area contributed by atoms with Crippen molar-refractivity contribution < 1.29 is 23.2 Å². The fourth-order valence-electron chi connectivity index (χ4n) is 6.01. The molecule has 9 nitrogen and oxygen atoms in total. The second kappa shape index (κ2) is 17.6. The normalized spacial score (nSPS) is 18.5. The molecule has 51 heavy (non-hydrogen) atoms. The fourth-order valence-corrected chi connectivity index (χ4v) is 8.44. The third-order valence-electron chi connectivity index (χ3n) is 8.65. The van der Waals surface area contributed by atoms with Crippen LogP contribution < -0.4 is 29.8 Å². The van der Waals surface area contributed by atoms with Crippen LogP contribution in [0, 0.1) is 27.7 Å². The van der Waals surface area contributed by atoms with Gasteiger partial charge in [0.05, 0.1) is 20.0 Å². The average molecular weight is 731 g/mol. The molecule has 2 fully saturated rings. The molecule has 0 N–H and O–H groups in total. The summed E-state index contributed by atoms with van der Waals surface area (Å²) >= 11 is 1.92. The van der Waals surface area contributed by atoms with Crippen LogP contribution in [0.15, 0.2) is 70.3 Å². The molecule has 2 aromatic carbocycles. The number of aryl methyl sites for hydroxylation is 4. The molecule has 2 saturated heterocycles. The van der Waals surface area contributed by atoms with E-state index in [1.54, 1.807) is 38.5 Å². The lowest BCUT2D eigenvalue weighted by atomic mass is 10.2. The van der Waals surface area contributed by atoms with Gasteiger partial charge in [-0.3, -0.25) is 13.8 Å². The van der Waals surface area contributed by atoms with Gasteiger partial charge in [0.1, 0.15) is 12.2 Å². The zero-order chi connectivity index (χ0) is 36.5. The van der Waals surface area contributed by atoms with Crippen molar-refractivity contribution in [3.05, 3.63) is 115 Å². The lowest BCUT2D eigenvalue weighted by Crippen LogP contribution is -2.16. The van der Waals surface area contributed by atoms with E-state index < -0.39 is 10.8 Å². The number of hydrogen-bond donors (Lipinski definition) is 0. The van der Waals surface area contributed by atoms with E-state index in [1.165, 1.54) is 0 Å². The minimum Gasteiger partial charge on any atom is -0.493 e. The zero-order valence-corrected chi connectivity index (χ0v) is 31.7. The summed E-state index contributed by atoms with van der Waals surface area (Å²) in [5.74, 6) is 6.30. The summed E-state index contributed by atoms with van der Waals surface area (Å²) < 4.78 is 38.5. The minimum atomic E-state index is -0.785. The third kappa shape index (κ3) is 10.3. The van der Waals surface area contributed by atoms with Gasteiger partial charge in [0.15, 0.2) is 33.9 Å². The van der Waals surface area contributed by atoms with E-state index in [0.29, 0.717) is 23.0 Å². The van der Waals surface area contributed by atoms with Crippen molar-refractivity contribution in [3.8, 4) is 23.0 Å².